The molecule has 1 aromatic rings. The minimum Gasteiger partial charge on any atom is -0.394 e. The van der Waals surface area contributed by atoms with Crippen molar-refractivity contribution >= 4 is 0 Å². The summed E-state index contributed by atoms with van der Waals surface area (Å²) in [5.41, 5.74) is 1.41. The Balaban J connectivity index is 0.000000146. The number of nitrogens with zero attached hydrogens (tertiary/aromatic N) is 3. The molecule has 0 spiro atoms. The van der Waals surface area contributed by atoms with E-state index >= 15 is 0 Å². The first-order valence-corrected chi connectivity index (χ1v) is 4.70. The Labute approximate surface area is 83.8 Å². The third kappa shape index (κ3) is 4.57. The van der Waals surface area contributed by atoms with Crippen molar-refractivity contribution in [1.82, 2.24) is 5.12 Å². The maximum Gasteiger partial charge on any atom is 0.0874 e. The Morgan fingerprint density at radius 2 is 1.86 bits per heavy atom. The van der Waals surface area contributed by atoms with E-state index in [0.29, 0.717) is 6.54 Å². The number of aryl methyl sites for hydroxylation is 1. The molecule has 0 unspecified atom stereocenters. The van der Waals surface area contributed by atoms with Gasteiger partial charge in [-0.05, 0) is 22.4 Å². The molecular formula is C10H15N3O. The highest BCUT2D eigenvalue weighted by Crippen LogP contribution is 2.03. The molecule has 1 N–H and O–H groups in total. The molecule has 0 saturated carbocycles. The van der Waals surface area contributed by atoms with Crippen LogP contribution in [0.1, 0.15) is 12.5 Å². The Morgan fingerprint density at radius 3 is 2.14 bits per heavy atom. The topological polar surface area (TPSA) is 48.0 Å². The first-order chi connectivity index (χ1) is 6.86. The number of aliphatic hydroxyl groups excluding tert-OH is 1. The molecule has 4 nitrogen and oxygen atoms in total. The molecule has 0 aliphatic carbocycles. The third-order valence-corrected chi connectivity index (χ3v) is 1.77. The van der Waals surface area contributed by atoms with E-state index in [1.807, 2.05) is 6.07 Å². The van der Waals surface area contributed by atoms with Crippen LogP contribution in [0.2, 0.25) is 0 Å². The zero-order chi connectivity index (χ0) is 10.2. The van der Waals surface area contributed by atoms with Gasteiger partial charge >= 0.3 is 0 Å². The van der Waals surface area contributed by atoms with Crippen molar-refractivity contribution in [2.75, 3.05) is 13.2 Å². The predicted molar refractivity (Wildman–Crippen MR) is 54.5 cm³/mol. The van der Waals surface area contributed by atoms with Crippen LogP contribution in [0.4, 0.5) is 0 Å². The molecule has 1 aliphatic heterocycles. The fraction of sp³-hybridized carbons (Fsp3) is 0.400. The Bertz CT molecular complexity index is 268. The molecule has 0 bridgehead atoms. The summed E-state index contributed by atoms with van der Waals surface area (Å²) >= 11 is 0. The zero-order valence-corrected chi connectivity index (χ0v) is 8.30. The van der Waals surface area contributed by atoms with Gasteiger partial charge < -0.3 is 5.11 Å². The van der Waals surface area contributed by atoms with E-state index in [-0.39, 0.29) is 6.61 Å². The monoisotopic (exact) mass is 193 g/mol. The fourth-order valence-electron chi connectivity index (χ4n) is 0.921. The summed E-state index contributed by atoms with van der Waals surface area (Å²) in [6, 6.07) is 10.5. The molecule has 0 amide bonds. The SMILES string of the molecule is CCc1ccccc1.OCCN1N=N1. The van der Waals surface area contributed by atoms with E-state index < -0.39 is 0 Å². The van der Waals surface area contributed by atoms with E-state index in [1.165, 1.54) is 10.7 Å². The zero-order valence-electron chi connectivity index (χ0n) is 8.30. The fourth-order valence-corrected chi connectivity index (χ4v) is 0.921. The summed E-state index contributed by atoms with van der Waals surface area (Å²) in [6.45, 7) is 2.84. The summed E-state index contributed by atoms with van der Waals surface area (Å²) in [5, 5.41) is 16.3. The maximum atomic E-state index is 8.12. The summed E-state index contributed by atoms with van der Waals surface area (Å²) in [6.07, 6.45) is 1.14. The average Bonchev–Trinajstić information content (AvgIpc) is 3.05. The molecule has 4 heteroatoms. The van der Waals surface area contributed by atoms with Crippen LogP contribution in [-0.4, -0.2) is 23.4 Å². The first-order valence-electron chi connectivity index (χ1n) is 4.70. The highest BCUT2D eigenvalue weighted by atomic mass is 16.3. The number of benzene rings is 1. The standard InChI is InChI=1S/C8H10.C2H5N3O/c1-2-8-6-4-3-5-7-8;6-2-1-5-3-4-5/h3-7H,2H2,1H3;6H,1-2H2. The van der Waals surface area contributed by atoms with Gasteiger partial charge in [-0.15, -0.1) is 5.12 Å². The van der Waals surface area contributed by atoms with Crippen molar-refractivity contribution in [3.8, 4) is 0 Å². The second-order valence-electron chi connectivity index (χ2n) is 2.84. The Morgan fingerprint density at radius 1 is 1.21 bits per heavy atom. The van der Waals surface area contributed by atoms with E-state index in [1.54, 1.807) is 0 Å². The minimum absolute atomic E-state index is 0.132. The van der Waals surface area contributed by atoms with Gasteiger partial charge in [0.2, 0.25) is 0 Å². The maximum absolute atomic E-state index is 8.12. The normalized spacial score (nSPS) is 12.0. The van der Waals surface area contributed by atoms with Gasteiger partial charge in [0.15, 0.2) is 0 Å². The lowest BCUT2D eigenvalue weighted by Crippen LogP contribution is -2.01. The van der Waals surface area contributed by atoms with E-state index in [4.69, 9.17) is 5.11 Å². The second-order valence-corrected chi connectivity index (χ2v) is 2.84. The quantitative estimate of drug-likeness (QED) is 0.796. The van der Waals surface area contributed by atoms with Gasteiger partial charge in [0.25, 0.3) is 0 Å². The Hall–Kier alpha value is -1.42. The van der Waals surface area contributed by atoms with Crippen molar-refractivity contribution < 1.29 is 5.11 Å². The number of hydrogen-bond donors (Lipinski definition) is 1. The number of hydrogen-bond acceptors (Lipinski definition) is 4. The van der Waals surface area contributed by atoms with Crippen LogP contribution in [0.15, 0.2) is 40.8 Å². The van der Waals surface area contributed by atoms with Gasteiger partial charge in [0, 0.05) is 0 Å². The number of β-amino-alcohol motifs (C(OH)–C–C–N with tert-alkyl or cyclic N) is 1. The van der Waals surface area contributed by atoms with Crippen LogP contribution >= 0.6 is 0 Å². The van der Waals surface area contributed by atoms with Crippen LogP contribution < -0.4 is 0 Å². The number of rotatable bonds is 3. The molecule has 2 rings (SSSR count). The molecule has 0 aromatic heterocycles. The van der Waals surface area contributed by atoms with Crippen LogP contribution in [0, 0.1) is 0 Å². The predicted octanol–water partition coefficient (Wildman–Crippen LogP) is 1.83. The average molecular weight is 193 g/mol. The molecule has 0 saturated heterocycles. The lowest BCUT2D eigenvalue weighted by Gasteiger charge is -1.89. The molecule has 1 aliphatic rings. The van der Waals surface area contributed by atoms with E-state index in [9.17, 15) is 0 Å². The number of aliphatic hydroxyl groups is 1. The van der Waals surface area contributed by atoms with Gasteiger partial charge in [0.05, 0.1) is 13.2 Å². The van der Waals surface area contributed by atoms with Crippen molar-refractivity contribution in [1.29, 1.82) is 0 Å². The van der Waals surface area contributed by atoms with Crippen LogP contribution in [0.5, 0.6) is 0 Å². The van der Waals surface area contributed by atoms with E-state index in [0.717, 1.165) is 6.42 Å². The van der Waals surface area contributed by atoms with Gasteiger partial charge in [0.1, 0.15) is 0 Å². The van der Waals surface area contributed by atoms with Gasteiger partial charge in [-0.2, -0.15) is 0 Å². The molecule has 0 fully saturated rings. The van der Waals surface area contributed by atoms with Crippen LogP contribution in [0.3, 0.4) is 0 Å². The van der Waals surface area contributed by atoms with Crippen molar-refractivity contribution in [2.45, 2.75) is 13.3 Å². The summed E-state index contributed by atoms with van der Waals surface area (Å²) in [4.78, 5) is 0. The second kappa shape index (κ2) is 6.10. The highest BCUT2D eigenvalue weighted by molar-refractivity contribution is 5.13. The molecule has 76 valence electrons. The van der Waals surface area contributed by atoms with Gasteiger partial charge in [-0.3, -0.25) is 0 Å². The summed E-state index contributed by atoms with van der Waals surface area (Å²) < 4.78 is 0. The minimum atomic E-state index is 0.132. The molecule has 1 heterocycles. The summed E-state index contributed by atoms with van der Waals surface area (Å²) in [5.74, 6) is 0. The highest BCUT2D eigenvalue weighted by Gasteiger charge is 2.06. The van der Waals surface area contributed by atoms with Gasteiger partial charge in [-0.25, -0.2) is 0 Å². The van der Waals surface area contributed by atoms with Crippen LogP contribution in [0.25, 0.3) is 0 Å². The largest absolute Gasteiger partial charge is 0.394 e. The Kier molecular flexibility index (Phi) is 4.64. The van der Waals surface area contributed by atoms with Gasteiger partial charge in [-0.1, -0.05) is 37.3 Å². The van der Waals surface area contributed by atoms with Crippen molar-refractivity contribution in [2.24, 2.45) is 10.4 Å². The molecule has 14 heavy (non-hydrogen) atoms. The molecule has 1 aromatic carbocycles. The van der Waals surface area contributed by atoms with E-state index in [2.05, 4.69) is 41.6 Å². The first kappa shape index (κ1) is 10.7. The lowest BCUT2D eigenvalue weighted by molar-refractivity contribution is 0.258. The third-order valence-electron chi connectivity index (χ3n) is 1.77. The van der Waals surface area contributed by atoms with Crippen molar-refractivity contribution in [3.05, 3.63) is 35.9 Å². The van der Waals surface area contributed by atoms with Crippen LogP contribution in [-0.2, 0) is 6.42 Å². The molecule has 0 atom stereocenters. The van der Waals surface area contributed by atoms with Crippen molar-refractivity contribution in [3.63, 3.8) is 0 Å². The smallest absolute Gasteiger partial charge is 0.0874 e. The lowest BCUT2D eigenvalue weighted by atomic mass is 10.2. The summed E-state index contributed by atoms with van der Waals surface area (Å²) in [7, 11) is 0. The molecule has 0 radical (unpaired) electrons. The molecular weight excluding hydrogens is 178 g/mol.